The van der Waals surface area contributed by atoms with Crippen molar-refractivity contribution in [2.24, 2.45) is 0 Å². The zero-order valence-electron chi connectivity index (χ0n) is 11.9. The molecular formula is C14H18ClNO4. The van der Waals surface area contributed by atoms with Crippen LogP contribution >= 0.6 is 11.6 Å². The van der Waals surface area contributed by atoms with Crippen molar-refractivity contribution in [3.63, 3.8) is 0 Å². The zero-order valence-corrected chi connectivity index (χ0v) is 12.7. The molecule has 110 valence electrons. The highest BCUT2D eigenvalue weighted by molar-refractivity contribution is 6.30. The summed E-state index contributed by atoms with van der Waals surface area (Å²) in [6, 6.07) is 5.65. The summed E-state index contributed by atoms with van der Waals surface area (Å²) in [5.74, 6) is -0.599. The van der Waals surface area contributed by atoms with Crippen LogP contribution in [0.1, 0.15) is 32.4 Å². The molecule has 0 aliphatic carbocycles. The Morgan fingerprint density at radius 3 is 2.45 bits per heavy atom. The molecular weight excluding hydrogens is 282 g/mol. The van der Waals surface area contributed by atoms with E-state index in [1.807, 2.05) is 0 Å². The Morgan fingerprint density at radius 2 is 1.95 bits per heavy atom. The lowest BCUT2D eigenvalue weighted by molar-refractivity contribution is -0.143. The molecule has 1 aromatic rings. The number of esters is 1. The molecule has 0 heterocycles. The summed E-state index contributed by atoms with van der Waals surface area (Å²) in [5, 5.41) is 2.93. The van der Waals surface area contributed by atoms with Gasteiger partial charge in [-0.05, 0) is 38.5 Å². The number of halogens is 1. The van der Waals surface area contributed by atoms with E-state index in [0.717, 1.165) is 0 Å². The fraction of sp³-hybridized carbons (Fsp3) is 0.429. The highest BCUT2D eigenvalue weighted by atomic mass is 35.5. The van der Waals surface area contributed by atoms with E-state index < -0.39 is 23.7 Å². The standard InChI is InChI=1S/C14H18ClNO4/c1-14(2,3)20-13(18)16-11(12(17)19-4)9-6-5-7-10(15)8-9/h5-8,11H,1-4H3,(H,16,18)/t11-/m0/s1. The van der Waals surface area contributed by atoms with Crippen LogP contribution in [0.25, 0.3) is 0 Å². The van der Waals surface area contributed by atoms with Gasteiger partial charge < -0.3 is 14.8 Å². The molecule has 1 atom stereocenters. The Bertz CT molecular complexity index is 496. The third kappa shape index (κ3) is 5.09. The van der Waals surface area contributed by atoms with Gasteiger partial charge in [0, 0.05) is 5.02 Å². The molecule has 0 fully saturated rings. The molecule has 0 saturated heterocycles. The third-order valence-corrected chi connectivity index (χ3v) is 2.52. The minimum absolute atomic E-state index is 0.461. The van der Waals surface area contributed by atoms with Crippen LogP contribution in [0.4, 0.5) is 4.79 Å². The first-order valence-electron chi connectivity index (χ1n) is 6.06. The molecule has 0 aliphatic rings. The van der Waals surface area contributed by atoms with Gasteiger partial charge in [0.1, 0.15) is 5.60 Å². The Labute approximate surface area is 123 Å². The molecule has 6 heteroatoms. The van der Waals surface area contributed by atoms with Gasteiger partial charge in [0.15, 0.2) is 6.04 Å². The second kappa shape index (κ2) is 6.61. The van der Waals surface area contributed by atoms with E-state index in [9.17, 15) is 9.59 Å². The summed E-state index contributed by atoms with van der Waals surface area (Å²) in [5.41, 5.74) is -0.130. The SMILES string of the molecule is COC(=O)[C@@H](NC(=O)OC(C)(C)C)c1cccc(Cl)c1. The van der Waals surface area contributed by atoms with Crippen LogP contribution in [0.3, 0.4) is 0 Å². The predicted molar refractivity (Wildman–Crippen MR) is 75.6 cm³/mol. The highest BCUT2D eigenvalue weighted by Crippen LogP contribution is 2.19. The number of carbonyl (C=O) groups excluding carboxylic acids is 2. The van der Waals surface area contributed by atoms with Crippen molar-refractivity contribution >= 4 is 23.7 Å². The Balaban J connectivity index is 2.91. The molecule has 1 amide bonds. The van der Waals surface area contributed by atoms with E-state index in [2.05, 4.69) is 10.1 Å². The number of methoxy groups -OCH3 is 1. The first-order chi connectivity index (χ1) is 9.23. The maximum absolute atomic E-state index is 11.8. The van der Waals surface area contributed by atoms with Crippen molar-refractivity contribution in [3.8, 4) is 0 Å². The van der Waals surface area contributed by atoms with Gasteiger partial charge in [-0.2, -0.15) is 0 Å². The monoisotopic (exact) mass is 299 g/mol. The van der Waals surface area contributed by atoms with E-state index in [4.69, 9.17) is 16.3 Å². The smallest absolute Gasteiger partial charge is 0.408 e. The normalized spacial score (nSPS) is 12.4. The first kappa shape index (κ1) is 16.3. The van der Waals surface area contributed by atoms with Crippen LogP contribution in [0.15, 0.2) is 24.3 Å². The maximum atomic E-state index is 11.8. The van der Waals surface area contributed by atoms with Gasteiger partial charge in [0.05, 0.1) is 7.11 Å². The number of ether oxygens (including phenoxy) is 2. The van der Waals surface area contributed by atoms with Crippen molar-refractivity contribution in [2.75, 3.05) is 7.11 Å². The lowest BCUT2D eigenvalue weighted by Crippen LogP contribution is -2.38. The van der Waals surface area contributed by atoms with E-state index in [-0.39, 0.29) is 0 Å². The summed E-state index contributed by atoms with van der Waals surface area (Å²) in [6.45, 7) is 5.21. The van der Waals surface area contributed by atoms with Crippen molar-refractivity contribution in [1.29, 1.82) is 0 Å². The lowest BCUT2D eigenvalue weighted by atomic mass is 10.1. The Hall–Kier alpha value is -1.75. The molecule has 0 unspecified atom stereocenters. The fourth-order valence-electron chi connectivity index (χ4n) is 1.51. The number of alkyl carbamates (subject to hydrolysis) is 1. The van der Waals surface area contributed by atoms with Gasteiger partial charge >= 0.3 is 12.1 Å². The summed E-state index contributed by atoms with van der Waals surface area (Å²) in [6.07, 6.45) is -0.701. The number of carbonyl (C=O) groups is 2. The number of hydrogen-bond donors (Lipinski definition) is 1. The Morgan fingerprint density at radius 1 is 1.30 bits per heavy atom. The van der Waals surface area contributed by atoms with Crippen LogP contribution in [0.5, 0.6) is 0 Å². The average Bonchev–Trinajstić information content (AvgIpc) is 2.33. The number of rotatable bonds is 3. The molecule has 0 bridgehead atoms. The van der Waals surface area contributed by atoms with Gasteiger partial charge in [0.2, 0.25) is 0 Å². The molecule has 1 rings (SSSR count). The molecule has 1 aromatic carbocycles. The zero-order chi connectivity index (χ0) is 15.3. The number of hydrogen-bond acceptors (Lipinski definition) is 4. The van der Waals surface area contributed by atoms with Crippen molar-refractivity contribution in [2.45, 2.75) is 32.4 Å². The summed E-state index contributed by atoms with van der Waals surface area (Å²) >= 11 is 5.88. The summed E-state index contributed by atoms with van der Waals surface area (Å²) < 4.78 is 9.81. The molecule has 0 spiro atoms. The molecule has 0 aromatic heterocycles. The van der Waals surface area contributed by atoms with Crippen molar-refractivity contribution < 1.29 is 19.1 Å². The summed E-state index contributed by atoms with van der Waals surface area (Å²) in [7, 11) is 1.25. The van der Waals surface area contributed by atoms with Crippen LogP contribution in [-0.2, 0) is 14.3 Å². The molecule has 5 nitrogen and oxygen atoms in total. The molecule has 0 saturated carbocycles. The minimum Gasteiger partial charge on any atom is -0.467 e. The van der Waals surface area contributed by atoms with Gasteiger partial charge in [-0.25, -0.2) is 9.59 Å². The van der Waals surface area contributed by atoms with Crippen LogP contribution in [-0.4, -0.2) is 24.8 Å². The van der Waals surface area contributed by atoms with E-state index >= 15 is 0 Å². The second-order valence-corrected chi connectivity index (χ2v) is 5.59. The number of amides is 1. The largest absolute Gasteiger partial charge is 0.467 e. The molecule has 0 radical (unpaired) electrons. The van der Waals surface area contributed by atoms with Crippen LogP contribution in [0, 0.1) is 0 Å². The van der Waals surface area contributed by atoms with Gasteiger partial charge in [0.25, 0.3) is 0 Å². The minimum atomic E-state index is -0.964. The van der Waals surface area contributed by atoms with E-state index in [0.29, 0.717) is 10.6 Å². The molecule has 20 heavy (non-hydrogen) atoms. The quantitative estimate of drug-likeness (QED) is 0.871. The Kier molecular flexibility index (Phi) is 5.39. The van der Waals surface area contributed by atoms with Crippen LogP contribution < -0.4 is 5.32 Å². The maximum Gasteiger partial charge on any atom is 0.408 e. The van der Waals surface area contributed by atoms with Crippen molar-refractivity contribution in [3.05, 3.63) is 34.9 Å². The van der Waals surface area contributed by atoms with Gasteiger partial charge in [-0.15, -0.1) is 0 Å². The lowest BCUT2D eigenvalue weighted by Gasteiger charge is -2.22. The topological polar surface area (TPSA) is 64.6 Å². The fourth-order valence-corrected chi connectivity index (χ4v) is 1.71. The highest BCUT2D eigenvalue weighted by Gasteiger charge is 2.26. The predicted octanol–water partition coefficient (Wildman–Crippen LogP) is 3.08. The average molecular weight is 300 g/mol. The van der Waals surface area contributed by atoms with Crippen molar-refractivity contribution in [1.82, 2.24) is 5.32 Å². The summed E-state index contributed by atoms with van der Waals surface area (Å²) in [4.78, 5) is 23.6. The number of benzene rings is 1. The third-order valence-electron chi connectivity index (χ3n) is 2.28. The van der Waals surface area contributed by atoms with E-state index in [1.165, 1.54) is 7.11 Å². The number of nitrogens with one attached hydrogen (secondary N) is 1. The molecule has 1 N–H and O–H groups in total. The van der Waals surface area contributed by atoms with Gasteiger partial charge in [-0.3, -0.25) is 0 Å². The van der Waals surface area contributed by atoms with E-state index in [1.54, 1.807) is 45.0 Å². The van der Waals surface area contributed by atoms with Gasteiger partial charge in [-0.1, -0.05) is 23.7 Å². The first-order valence-corrected chi connectivity index (χ1v) is 6.43. The van der Waals surface area contributed by atoms with Crippen LogP contribution in [0.2, 0.25) is 5.02 Å². The second-order valence-electron chi connectivity index (χ2n) is 5.16. The molecule has 0 aliphatic heterocycles.